The highest BCUT2D eigenvalue weighted by molar-refractivity contribution is 14.1. The van der Waals surface area contributed by atoms with Crippen LogP contribution < -0.4 is 4.90 Å². The monoisotopic (exact) mass is 1070 g/mol. The maximum Gasteiger partial charge on any atom is 0.0465 e. The lowest BCUT2D eigenvalue weighted by molar-refractivity contribution is 0.659. The number of halogens is 3. The summed E-state index contributed by atoms with van der Waals surface area (Å²) in [5, 5.41) is 1.53. The van der Waals surface area contributed by atoms with Gasteiger partial charge in [-0.3, -0.25) is 0 Å². The average molecular weight is 1070 g/mol. The lowest BCUT2D eigenvalue weighted by atomic mass is 9.81. The highest BCUT2D eigenvalue weighted by Crippen LogP contribution is 2.51. The van der Waals surface area contributed by atoms with E-state index in [1.165, 1.54) is 81.5 Å². The minimum Gasteiger partial charge on any atom is -0.310 e. The van der Waals surface area contributed by atoms with E-state index in [1.807, 2.05) is 42.5 Å². The smallest absolute Gasteiger partial charge is 0.0465 e. The molecule has 10 aromatic carbocycles. The van der Waals surface area contributed by atoms with E-state index in [9.17, 15) is 0 Å². The Bertz CT molecular complexity index is 3410. The Hall–Kier alpha value is -6.69. The predicted molar refractivity (Wildman–Crippen MR) is 312 cm³/mol. The molecule has 0 atom stereocenters. The molecule has 0 radical (unpaired) electrons. The Labute approximate surface area is 443 Å². The molecule has 0 spiro atoms. The van der Waals surface area contributed by atoms with Crippen molar-refractivity contribution in [3.63, 3.8) is 0 Å². The van der Waals surface area contributed by atoms with Crippen molar-refractivity contribution in [2.75, 3.05) is 4.90 Å². The van der Waals surface area contributed by atoms with E-state index < -0.39 is 0 Å². The summed E-state index contributed by atoms with van der Waals surface area (Å²) < 4.78 is 1.21. The molecular formula is C67H54Cl2IN. The largest absolute Gasteiger partial charge is 0.310 e. The van der Waals surface area contributed by atoms with Gasteiger partial charge in [-0.15, -0.1) is 0 Å². The predicted octanol–water partition coefficient (Wildman–Crippen LogP) is 20.0. The summed E-state index contributed by atoms with van der Waals surface area (Å²) in [4.78, 5) is 2.31. The van der Waals surface area contributed by atoms with Crippen LogP contribution >= 0.6 is 45.8 Å². The van der Waals surface area contributed by atoms with Gasteiger partial charge >= 0.3 is 0 Å². The Morgan fingerprint density at radius 1 is 0.338 bits per heavy atom. The van der Waals surface area contributed by atoms with Gasteiger partial charge in [-0.2, -0.15) is 0 Å². The molecule has 2 aliphatic rings. The molecule has 12 rings (SSSR count). The number of rotatable bonds is 7. The van der Waals surface area contributed by atoms with E-state index in [0.717, 1.165) is 33.5 Å². The number of fused-ring (bicyclic) bond motifs is 6. The molecule has 0 amide bonds. The number of nitrogens with zero attached hydrogens (tertiary/aromatic N) is 1. The van der Waals surface area contributed by atoms with Crippen molar-refractivity contribution < 1.29 is 0 Å². The molecule has 0 unspecified atom stereocenters. The lowest BCUT2D eigenvalue weighted by Crippen LogP contribution is -2.16. The van der Waals surface area contributed by atoms with Crippen molar-refractivity contribution >= 4 is 62.9 Å². The SMILES string of the molecule is CC1(C)c2ccccc2-c2ccc(Cc3ccc(-c4ccccc4)cc3)cc21.CC1(C)c2ccccc2-c2ccc(N(c3ccc(Cl)cc3)c3ccc(-c4ccccc4)cc3)cc21.Clc1ccc(I)cc1. The normalized spacial score (nSPS) is 13.0. The second-order valence-corrected chi connectivity index (χ2v) is 21.5. The molecule has 1 nitrogen and oxygen atoms in total. The summed E-state index contributed by atoms with van der Waals surface area (Å²) in [7, 11) is 0. The Morgan fingerprint density at radius 3 is 1.21 bits per heavy atom. The Balaban J connectivity index is 0.000000144. The summed E-state index contributed by atoms with van der Waals surface area (Å²) in [6, 6.07) is 86.1. The second kappa shape index (κ2) is 20.6. The first-order valence-electron chi connectivity index (χ1n) is 24.2. The summed E-state index contributed by atoms with van der Waals surface area (Å²) in [6.07, 6.45) is 0.967. The highest BCUT2D eigenvalue weighted by Gasteiger charge is 2.36. The van der Waals surface area contributed by atoms with E-state index in [4.69, 9.17) is 23.2 Å². The van der Waals surface area contributed by atoms with Gasteiger partial charge in [-0.25, -0.2) is 0 Å². The molecule has 0 fully saturated rings. The minimum absolute atomic E-state index is 0.0508. The fraction of sp³-hybridized carbons (Fsp3) is 0.104. The van der Waals surface area contributed by atoms with Crippen LogP contribution in [-0.4, -0.2) is 0 Å². The molecule has 10 aromatic rings. The van der Waals surface area contributed by atoms with Gasteiger partial charge in [0.1, 0.15) is 0 Å². The Morgan fingerprint density at radius 2 is 0.704 bits per heavy atom. The van der Waals surface area contributed by atoms with Gasteiger partial charge in [0.05, 0.1) is 0 Å². The van der Waals surface area contributed by atoms with E-state index in [2.05, 4.69) is 255 Å². The maximum absolute atomic E-state index is 6.24. The average Bonchev–Trinajstić information content (AvgIpc) is 3.78. The van der Waals surface area contributed by atoms with Crippen molar-refractivity contribution in [2.24, 2.45) is 0 Å². The number of hydrogen-bond donors (Lipinski definition) is 0. The first-order chi connectivity index (χ1) is 34.4. The van der Waals surface area contributed by atoms with Crippen molar-refractivity contribution in [2.45, 2.75) is 44.9 Å². The van der Waals surface area contributed by atoms with Crippen LogP contribution in [0.3, 0.4) is 0 Å². The van der Waals surface area contributed by atoms with Crippen LogP contribution in [0.25, 0.3) is 44.5 Å². The zero-order chi connectivity index (χ0) is 49.1. The van der Waals surface area contributed by atoms with Crippen LogP contribution in [0.5, 0.6) is 0 Å². The standard InChI is InChI=1S/C33H26ClN.C28H24.C6H4ClI/c1-33(2)31-11-7-6-10-29(31)30-21-20-28(22-32(30)33)35(27-18-14-25(34)15-19-27)26-16-12-24(13-17-26)23-8-4-3-5-9-23;1-28(2)26-11-7-6-10-24(26)25-17-14-21(19-27(25)28)18-20-12-15-23(16-13-20)22-8-4-3-5-9-22;7-5-1-3-6(8)4-2-5/h3-22H,1-2H3;3-17,19H,18H2,1-2H3;1-4H. The summed E-state index contributed by atoms with van der Waals surface area (Å²) in [5.41, 5.74) is 22.1. The summed E-state index contributed by atoms with van der Waals surface area (Å²) in [5.74, 6) is 0. The number of benzene rings is 10. The molecule has 348 valence electrons. The zero-order valence-corrected chi connectivity index (χ0v) is 44.1. The topological polar surface area (TPSA) is 3.24 Å². The number of anilines is 3. The van der Waals surface area contributed by atoms with Crippen molar-refractivity contribution in [3.05, 3.63) is 290 Å². The Kier molecular flexibility index (Phi) is 13.9. The highest BCUT2D eigenvalue weighted by atomic mass is 127. The van der Waals surface area contributed by atoms with Crippen LogP contribution in [0.2, 0.25) is 10.0 Å². The molecule has 4 heteroatoms. The van der Waals surface area contributed by atoms with Gasteiger partial charge < -0.3 is 4.90 Å². The zero-order valence-electron chi connectivity index (χ0n) is 40.4. The molecular weight excluding hydrogens is 1020 g/mol. The first-order valence-corrected chi connectivity index (χ1v) is 26.0. The fourth-order valence-electron chi connectivity index (χ4n) is 10.3. The fourth-order valence-corrected chi connectivity index (χ4v) is 10.9. The second-order valence-electron chi connectivity index (χ2n) is 19.4. The van der Waals surface area contributed by atoms with Gasteiger partial charge in [-0.05, 0) is 180 Å². The molecule has 0 bridgehead atoms. The van der Waals surface area contributed by atoms with Crippen LogP contribution in [0, 0.1) is 3.57 Å². The number of hydrogen-bond acceptors (Lipinski definition) is 1. The molecule has 2 aliphatic carbocycles. The van der Waals surface area contributed by atoms with Gasteiger partial charge in [0.25, 0.3) is 0 Å². The quantitative estimate of drug-likeness (QED) is 0.144. The summed E-state index contributed by atoms with van der Waals surface area (Å²) in [6.45, 7) is 9.33. The summed E-state index contributed by atoms with van der Waals surface area (Å²) >= 11 is 14.1. The van der Waals surface area contributed by atoms with Crippen molar-refractivity contribution in [3.8, 4) is 44.5 Å². The molecule has 0 heterocycles. The molecule has 71 heavy (non-hydrogen) atoms. The van der Waals surface area contributed by atoms with Gasteiger partial charge in [0.15, 0.2) is 0 Å². The molecule has 0 aromatic heterocycles. The minimum atomic E-state index is -0.0508. The third-order valence-electron chi connectivity index (χ3n) is 14.1. The maximum atomic E-state index is 6.24. The van der Waals surface area contributed by atoms with Gasteiger partial charge in [0.2, 0.25) is 0 Å². The van der Waals surface area contributed by atoms with E-state index in [0.29, 0.717) is 0 Å². The van der Waals surface area contributed by atoms with E-state index in [1.54, 1.807) is 0 Å². The van der Waals surface area contributed by atoms with E-state index in [-0.39, 0.29) is 10.8 Å². The third kappa shape index (κ3) is 10.1. The lowest BCUT2D eigenvalue weighted by Gasteiger charge is -2.28. The molecule has 0 saturated heterocycles. The van der Waals surface area contributed by atoms with E-state index >= 15 is 0 Å². The van der Waals surface area contributed by atoms with Crippen LogP contribution in [0.1, 0.15) is 61.1 Å². The van der Waals surface area contributed by atoms with Crippen LogP contribution in [-0.2, 0) is 17.3 Å². The van der Waals surface area contributed by atoms with Crippen molar-refractivity contribution in [1.82, 2.24) is 0 Å². The van der Waals surface area contributed by atoms with Gasteiger partial charge in [-0.1, -0.05) is 221 Å². The van der Waals surface area contributed by atoms with Crippen LogP contribution in [0.15, 0.2) is 243 Å². The van der Waals surface area contributed by atoms with Gasteiger partial charge in [0, 0.05) is 41.5 Å². The molecule has 0 aliphatic heterocycles. The first kappa shape index (κ1) is 48.0. The molecule has 0 N–H and O–H groups in total. The van der Waals surface area contributed by atoms with Crippen LogP contribution in [0.4, 0.5) is 17.1 Å². The third-order valence-corrected chi connectivity index (χ3v) is 15.3. The molecule has 0 saturated carbocycles. The van der Waals surface area contributed by atoms with Crippen molar-refractivity contribution in [1.29, 1.82) is 0 Å².